The summed E-state index contributed by atoms with van der Waals surface area (Å²) in [5.74, 6) is 2.78. The van der Waals surface area contributed by atoms with E-state index >= 15 is 0 Å². The predicted octanol–water partition coefficient (Wildman–Crippen LogP) is 1.92. The molecule has 1 fully saturated rings. The van der Waals surface area contributed by atoms with Crippen LogP contribution >= 0.6 is 0 Å². The molecule has 0 aromatic carbocycles. The van der Waals surface area contributed by atoms with Crippen LogP contribution in [0.2, 0.25) is 0 Å². The Labute approximate surface area is 104 Å². The minimum Gasteiger partial charge on any atom is -0.327 e. The molecule has 96 valence electrons. The van der Waals surface area contributed by atoms with Crippen LogP contribution in [0.4, 0.5) is 0 Å². The molecule has 0 bridgehead atoms. The lowest BCUT2D eigenvalue weighted by Crippen LogP contribution is -2.25. The van der Waals surface area contributed by atoms with Gasteiger partial charge in [-0.1, -0.05) is 20.3 Å². The van der Waals surface area contributed by atoms with Crippen molar-refractivity contribution in [1.82, 2.24) is 14.8 Å². The lowest BCUT2D eigenvalue weighted by atomic mass is 10.0. The monoisotopic (exact) mass is 236 g/mol. The Hall–Kier alpha value is -0.900. The summed E-state index contributed by atoms with van der Waals surface area (Å²) in [6.45, 7) is 5.22. The Balaban J connectivity index is 1.95. The van der Waals surface area contributed by atoms with Crippen LogP contribution in [0.15, 0.2) is 0 Å². The van der Waals surface area contributed by atoms with Gasteiger partial charge >= 0.3 is 0 Å². The summed E-state index contributed by atoms with van der Waals surface area (Å²) in [7, 11) is 0. The van der Waals surface area contributed by atoms with Crippen LogP contribution in [0.25, 0.3) is 0 Å². The maximum absolute atomic E-state index is 6.10. The molecule has 0 aliphatic heterocycles. The van der Waals surface area contributed by atoms with Crippen LogP contribution < -0.4 is 5.73 Å². The highest BCUT2D eigenvalue weighted by molar-refractivity contribution is 4.93. The first-order valence-corrected chi connectivity index (χ1v) is 6.92. The van der Waals surface area contributed by atoms with E-state index in [1.54, 1.807) is 0 Å². The highest BCUT2D eigenvalue weighted by Gasteiger charge is 2.23. The maximum Gasteiger partial charge on any atom is 0.150 e. The van der Waals surface area contributed by atoms with Gasteiger partial charge in [0.1, 0.15) is 5.82 Å². The lowest BCUT2D eigenvalue weighted by molar-refractivity contribution is 0.397. The lowest BCUT2D eigenvalue weighted by Gasteiger charge is -2.15. The molecule has 1 aliphatic carbocycles. The van der Waals surface area contributed by atoms with Crippen molar-refractivity contribution >= 4 is 0 Å². The van der Waals surface area contributed by atoms with Crippen LogP contribution in [0.1, 0.15) is 51.2 Å². The molecular weight excluding hydrogens is 212 g/mol. The van der Waals surface area contributed by atoms with Crippen molar-refractivity contribution in [2.45, 2.75) is 65.0 Å². The quantitative estimate of drug-likeness (QED) is 0.849. The molecule has 2 atom stereocenters. The average molecular weight is 236 g/mol. The Morgan fingerprint density at radius 2 is 2.12 bits per heavy atom. The van der Waals surface area contributed by atoms with Gasteiger partial charge in [0.15, 0.2) is 5.82 Å². The molecule has 4 nitrogen and oxygen atoms in total. The number of aryl methyl sites for hydroxylation is 3. The third-order valence-corrected chi connectivity index (χ3v) is 3.85. The second-order valence-corrected chi connectivity index (χ2v) is 5.02. The highest BCUT2D eigenvalue weighted by atomic mass is 15.3. The largest absolute Gasteiger partial charge is 0.327 e. The van der Waals surface area contributed by atoms with E-state index < -0.39 is 0 Å². The predicted molar refractivity (Wildman–Crippen MR) is 68.7 cm³/mol. The van der Waals surface area contributed by atoms with E-state index in [0.717, 1.165) is 37.5 Å². The van der Waals surface area contributed by atoms with E-state index in [1.807, 2.05) is 0 Å². The minimum atomic E-state index is 0.411. The van der Waals surface area contributed by atoms with E-state index in [1.165, 1.54) is 19.3 Å². The molecule has 0 spiro atoms. The van der Waals surface area contributed by atoms with Gasteiger partial charge in [-0.2, -0.15) is 5.10 Å². The third-order valence-electron chi connectivity index (χ3n) is 3.85. The number of hydrogen-bond donors (Lipinski definition) is 1. The molecular formula is C13H24N4. The SMILES string of the molecule is CCc1nc(CC)n(CCC2CCCC2N)n1. The zero-order chi connectivity index (χ0) is 12.3. The van der Waals surface area contributed by atoms with Gasteiger partial charge in [0.05, 0.1) is 0 Å². The smallest absolute Gasteiger partial charge is 0.150 e. The molecule has 2 unspecified atom stereocenters. The van der Waals surface area contributed by atoms with Crippen molar-refractivity contribution in [1.29, 1.82) is 0 Å². The first-order chi connectivity index (χ1) is 8.24. The number of hydrogen-bond acceptors (Lipinski definition) is 3. The summed E-state index contributed by atoms with van der Waals surface area (Å²) < 4.78 is 2.09. The van der Waals surface area contributed by atoms with Crippen molar-refractivity contribution in [2.75, 3.05) is 0 Å². The van der Waals surface area contributed by atoms with Crippen molar-refractivity contribution in [3.63, 3.8) is 0 Å². The Morgan fingerprint density at radius 1 is 1.29 bits per heavy atom. The molecule has 1 aromatic heterocycles. The molecule has 1 aliphatic rings. The van der Waals surface area contributed by atoms with E-state index in [2.05, 4.69) is 28.6 Å². The van der Waals surface area contributed by atoms with E-state index in [4.69, 9.17) is 5.73 Å². The summed E-state index contributed by atoms with van der Waals surface area (Å²) in [6, 6.07) is 0.411. The minimum absolute atomic E-state index is 0.411. The van der Waals surface area contributed by atoms with Gasteiger partial charge in [-0.25, -0.2) is 9.67 Å². The zero-order valence-electron chi connectivity index (χ0n) is 11.0. The fourth-order valence-electron chi connectivity index (χ4n) is 2.73. The van der Waals surface area contributed by atoms with Gasteiger partial charge in [0, 0.05) is 25.4 Å². The molecule has 1 aromatic rings. The number of nitrogens with two attached hydrogens (primary N) is 1. The van der Waals surface area contributed by atoms with E-state index in [9.17, 15) is 0 Å². The summed E-state index contributed by atoms with van der Waals surface area (Å²) in [6.07, 6.45) is 6.82. The molecule has 17 heavy (non-hydrogen) atoms. The van der Waals surface area contributed by atoms with Gasteiger partial charge in [0.25, 0.3) is 0 Å². The Kier molecular flexibility index (Phi) is 4.15. The van der Waals surface area contributed by atoms with E-state index in [0.29, 0.717) is 12.0 Å². The van der Waals surface area contributed by atoms with Gasteiger partial charge in [-0.05, 0) is 25.2 Å². The topological polar surface area (TPSA) is 56.7 Å². The zero-order valence-corrected chi connectivity index (χ0v) is 11.0. The Bertz CT molecular complexity index is 358. The summed E-state index contributed by atoms with van der Waals surface area (Å²) >= 11 is 0. The molecule has 2 rings (SSSR count). The second kappa shape index (κ2) is 5.63. The van der Waals surface area contributed by atoms with Crippen LogP contribution in [0.3, 0.4) is 0 Å². The van der Waals surface area contributed by atoms with Gasteiger partial charge in [-0.3, -0.25) is 0 Å². The molecule has 4 heteroatoms. The fourth-order valence-corrected chi connectivity index (χ4v) is 2.73. The second-order valence-electron chi connectivity index (χ2n) is 5.02. The molecule has 1 heterocycles. The summed E-state index contributed by atoms with van der Waals surface area (Å²) in [4.78, 5) is 4.53. The molecule has 2 N–H and O–H groups in total. The van der Waals surface area contributed by atoms with Gasteiger partial charge in [-0.15, -0.1) is 0 Å². The fraction of sp³-hybridized carbons (Fsp3) is 0.846. The number of rotatable bonds is 5. The number of nitrogens with zero attached hydrogens (tertiary/aromatic N) is 3. The first-order valence-electron chi connectivity index (χ1n) is 6.92. The van der Waals surface area contributed by atoms with Gasteiger partial charge < -0.3 is 5.73 Å². The Morgan fingerprint density at radius 3 is 2.71 bits per heavy atom. The van der Waals surface area contributed by atoms with Crippen LogP contribution in [0, 0.1) is 5.92 Å². The summed E-state index contributed by atoms with van der Waals surface area (Å²) in [5, 5.41) is 4.55. The number of aromatic nitrogens is 3. The molecule has 1 saturated carbocycles. The third kappa shape index (κ3) is 2.86. The maximum atomic E-state index is 6.10. The average Bonchev–Trinajstić information content (AvgIpc) is 2.92. The summed E-state index contributed by atoms with van der Waals surface area (Å²) in [5.41, 5.74) is 6.10. The van der Waals surface area contributed by atoms with Crippen molar-refractivity contribution in [3.05, 3.63) is 11.6 Å². The highest BCUT2D eigenvalue weighted by Crippen LogP contribution is 2.27. The van der Waals surface area contributed by atoms with Gasteiger partial charge in [0.2, 0.25) is 0 Å². The molecule has 0 amide bonds. The first kappa shape index (κ1) is 12.6. The van der Waals surface area contributed by atoms with Crippen molar-refractivity contribution in [3.8, 4) is 0 Å². The standard InChI is InChI=1S/C13H24N4/c1-3-12-15-13(4-2)17(16-12)9-8-10-6-5-7-11(10)14/h10-11H,3-9,14H2,1-2H3. The normalized spacial score (nSPS) is 24.4. The molecule has 0 saturated heterocycles. The van der Waals surface area contributed by atoms with Crippen molar-refractivity contribution < 1.29 is 0 Å². The van der Waals surface area contributed by atoms with Crippen LogP contribution in [-0.4, -0.2) is 20.8 Å². The van der Waals surface area contributed by atoms with Crippen LogP contribution in [0.5, 0.6) is 0 Å². The molecule has 0 radical (unpaired) electrons. The van der Waals surface area contributed by atoms with E-state index in [-0.39, 0.29) is 0 Å². The van der Waals surface area contributed by atoms with Crippen molar-refractivity contribution in [2.24, 2.45) is 11.7 Å². The van der Waals surface area contributed by atoms with Crippen LogP contribution in [-0.2, 0) is 19.4 Å².